The number of hydrogen-bond acceptors (Lipinski definition) is 4. The molecule has 2 rings (SSSR count). The van der Waals surface area contributed by atoms with E-state index in [1.54, 1.807) is 25.2 Å². The van der Waals surface area contributed by atoms with Gasteiger partial charge in [0.05, 0.1) is 14.2 Å². The van der Waals surface area contributed by atoms with Gasteiger partial charge in [-0.3, -0.25) is 4.79 Å². The van der Waals surface area contributed by atoms with E-state index in [2.05, 4.69) is 0 Å². The number of aromatic carboxylic acids is 1. The maximum Gasteiger partial charge on any atom is 0.352 e. The van der Waals surface area contributed by atoms with Crippen LogP contribution in [0, 0.1) is 0 Å². The molecule has 0 aliphatic carbocycles. The summed E-state index contributed by atoms with van der Waals surface area (Å²) in [6.07, 6.45) is 1.48. The third-order valence-electron chi connectivity index (χ3n) is 3.10. The van der Waals surface area contributed by atoms with E-state index in [4.69, 9.17) is 14.6 Å². The first-order valence-corrected chi connectivity index (χ1v) is 6.13. The van der Waals surface area contributed by atoms with Crippen molar-refractivity contribution in [3.05, 3.63) is 47.3 Å². The number of ether oxygens (including phenoxy) is 2. The number of benzene rings is 1. The standard InChI is InChI=1S/C15H15NO5/c1-16-8-10(6-13(16)15(18)19)14(17)9-4-11(20-2)7-12(5-9)21-3/h4-8H,1-3H3,(H,18,19). The van der Waals surface area contributed by atoms with Crippen molar-refractivity contribution in [3.63, 3.8) is 0 Å². The Balaban J connectivity index is 2.44. The number of hydrogen-bond donors (Lipinski definition) is 1. The minimum absolute atomic E-state index is 0.0493. The summed E-state index contributed by atoms with van der Waals surface area (Å²) in [4.78, 5) is 23.5. The van der Waals surface area contributed by atoms with Gasteiger partial charge in [-0.05, 0) is 18.2 Å². The van der Waals surface area contributed by atoms with Crippen molar-refractivity contribution in [1.29, 1.82) is 0 Å². The Morgan fingerprint density at radius 3 is 2.00 bits per heavy atom. The molecular weight excluding hydrogens is 274 g/mol. The molecule has 0 bridgehead atoms. The van der Waals surface area contributed by atoms with Crippen LogP contribution >= 0.6 is 0 Å². The molecule has 0 fully saturated rings. The molecule has 6 heteroatoms. The number of methoxy groups -OCH3 is 2. The number of nitrogens with zero attached hydrogens (tertiary/aromatic N) is 1. The molecule has 0 spiro atoms. The highest BCUT2D eigenvalue weighted by atomic mass is 16.5. The van der Waals surface area contributed by atoms with Gasteiger partial charge in [0.1, 0.15) is 17.2 Å². The molecular formula is C15H15NO5. The fourth-order valence-electron chi connectivity index (χ4n) is 2.01. The molecule has 0 radical (unpaired) electrons. The van der Waals surface area contributed by atoms with Crippen LogP contribution in [0.2, 0.25) is 0 Å². The number of carbonyl (C=O) groups excluding carboxylic acids is 1. The third kappa shape index (κ3) is 2.89. The van der Waals surface area contributed by atoms with Gasteiger partial charge in [0, 0.05) is 30.4 Å². The van der Waals surface area contributed by atoms with Crippen LogP contribution in [0.25, 0.3) is 0 Å². The summed E-state index contributed by atoms with van der Waals surface area (Å²) in [6.45, 7) is 0. The van der Waals surface area contributed by atoms with Crippen molar-refractivity contribution < 1.29 is 24.2 Å². The third-order valence-corrected chi connectivity index (χ3v) is 3.10. The van der Waals surface area contributed by atoms with Crippen molar-refractivity contribution >= 4 is 11.8 Å². The van der Waals surface area contributed by atoms with Gasteiger partial charge in [0.15, 0.2) is 5.78 Å². The number of rotatable bonds is 5. The molecule has 1 aromatic carbocycles. The molecule has 0 saturated heterocycles. The monoisotopic (exact) mass is 289 g/mol. The van der Waals surface area contributed by atoms with Crippen molar-refractivity contribution in [2.45, 2.75) is 0 Å². The molecule has 0 amide bonds. The van der Waals surface area contributed by atoms with Crippen molar-refractivity contribution in [1.82, 2.24) is 4.57 Å². The average Bonchev–Trinajstić information content (AvgIpc) is 2.87. The molecule has 0 aliphatic heterocycles. The topological polar surface area (TPSA) is 77.8 Å². The molecule has 0 atom stereocenters. The fourth-order valence-corrected chi connectivity index (χ4v) is 2.01. The highest BCUT2D eigenvalue weighted by molar-refractivity contribution is 6.10. The summed E-state index contributed by atoms with van der Waals surface area (Å²) < 4.78 is 11.6. The number of carboxylic acids is 1. The molecule has 6 nitrogen and oxygen atoms in total. The molecule has 0 saturated carbocycles. The second kappa shape index (κ2) is 5.70. The van der Waals surface area contributed by atoms with E-state index in [0.29, 0.717) is 22.6 Å². The van der Waals surface area contributed by atoms with Crippen LogP contribution in [-0.4, -0.2) is 35.6 Å². The van der Waals surface area contributed by atoms with Crippen LogP contribution in [0.15, 0.2) is 30.5 Å². The zero-order chi connectivity index (χ0) is 15.6. The summed E-state index contributed by atoms with van der Waals surface area (Å²) >= 11 is 0. The molecule has 110 valence electrons. The first kappa shape index (κ1) is 14.6. The molecule has 2 aromatic rings. The number of aryl methyl sites for hydroxylation is 1. The van der Waals surface area contributed by atoms with Crippen LogP contribution in [0.1, 0.15) is 26.4 Å². The summed E-state index contributed by atoms with van der Waals surface area (Å²) in [7, 11) is 4.56. The first-order chi connectivity index (χ1) is 9.96. The second-order valence-corrected chi connectivity index (χ2v) is 4.46. The van der Waals surface area contributed by atoms with Gasteiger partial charge in [-0.1, -0.05) is 0 Å². The highest BCUT2D eigenvalue weighted by Crippen LogP contribution is 2.24. The van der Waals surface area contributed by atoms with Gasteiger partial charge in [0.2, 0.25) is 0 Å². The summed E-state index contributed by atoms with van der Waals surface area (Å²) in [6, 6.07) is 6.16. The predicted octanol–water partition coefficient (Wildman–Crippen LogP) is 1.97. The predicted molar refractivity (Wildman–Crippen MR) is 75.4 cm³/mol. The minimum atomic E-state index is -1.08. The Kier molecular flexibility index (Phi) is 3.98. The lowest BCUT2D eigenvalue weighted by Crippen LogP contribution is -2.02. The lowest BCUT2D eigenvalue weighted by atomic mass is 10.1. The maximum atomic E-state index is 12.5. The van der Waals surface area contributed by atoms with Gasteiger partial charge in [-0.25, -0.2) is 4.79 Å². The molecule has 0 unspecified atom stereocenters. The normalized spacial score (nSPS) is 10.2. The Morgan fingerprint density at radius 2 is 1.57 bits per heavy atom. The smallest absolute Gasteiger partial charge is 0.352 e. The van der Waals surface area contributed by atoms with Gasteiger partial charge >= 0.3 is 5.97 Å². The van der Waals surface area contributed by atoms with E-state index >= 15 is 0 Å². The Hall–Kier alpha value is -2.76. The van der Waals surface area contributed by atoms with Gasteiger partial charge in [-0.2, -0.15) is 0 Å². The van der Waals surface area contributed by atoms with Crippen LogP contribution in [-0.2, 0) is 7.05 Å². The van der Waals surface area contributed by atoms with E-state index in [0.717, 1.165) is 0 Å². The van der Waals surface area contributed by atoms with Crippen molar-refractivity contribution in [2.75, 3.05) is 14.2 Å². The number of carboxylic acid groups (broad SMARTS) is 1. The summed E-state index contributed by atoms with van der Waals surface area (Å²) in [5.41, 5.74) is 0.715. The zero-order valence-corrected chi connectivity index (χ0v) is 11.9. The molecule has 0 aliphatic rings. The van der Waals surface area contributed by atoms with Crippen LogP contribution in [0.3, 0.4) is 0 Å². The quantitative estimate of drug-likeness (QED) is 0.851. The highest BCUT2D eigenvalue weighted by Gasteiger charge is 2.17. The summed E-state index contributed by atoms with van der Waals surface area (Å²) in [5, 5.41) is 9.02. The van der Waals surface area contributed by atoms with Gasteiger partial charge < -0.3 is 19.1 Å². The summed E-state index contributed by atoms with van der Waals surface area (Å²) in [5.74, 6) is -0.394. The van der Waals surface area contributed by atoms with Gasteiger partial charge in [0.25, 0.3) is 0 Å². The second-order valence-electron chi connectivity index (χ2n) is 4.46. The van der Waals surface area contributed by atoms with E-state index in [9.17, 15) is 9.59 Å². The Labute approximate surface area is 121 Å². The van der Waals surface area contributed by atoms with Crippen LogP contribution < -0.4 is 9.47 Å². The molecule has 1 N–H and O–H groups in total. The largest absolute Gasteiger partial charge is 0.497 e. The van der Waals surface area contributed by atoms with E-state index in [-0.39, 0.29) is 11.5 Å². The molecule has 1 heterocycles. The number of carbonyl (C=O) groups is 2. The molecule has 21 heavy (non-hydrogen) atoms. The number of ketones is 1. The van der Waals surface area contributed by atoms with Crippen molar-refractivity contribution in [2.24, 2.45) is 7.05 Å². The minimum Gasteiger partial charge on any atom is -0.497 e. The first-order valence-electron chi connectivity index (χ1n) is 6.13. The Morgan fingerprint density at radius 1 is 1.00 bits per heavy atom. The molecule has 1 aromatic heterocycles. The van der Waals surface area contributed by atoms with Crippen LogP contribution in [0.4, 0.5) is 0 Å². The van der Waals surface area contributed by atoms with Gasteiger partial charge in [-0.15, -0.1) is 0 Å². The van der Waals surface area contributed by atoms with Crippen molar-refractivity contribution in [3.8, 4) is 11.5 Å². The SMILES string of the molecule is COc1cc(OC)cc(C(=O)c2cc(C(=O)O)n(C)c2)c1. The lowest BCUT2D eigenvalue weighted by Gasteiger charge is -2.07. The van der Waals surface area contributed by atoms with E-state index in [1.807, 2.05) is 0 Å². The zero-order valence-electron chi connectivity index (χ0n) is 11.9. The lowest BCUT2D eigenvalue weighted by molar-refractivity contribution is 0.0686. The fraction of sp³-hybridized carbons (Fsp3) is 0.200. The Bertz CT molecular complexity index is 680. The maximum absolute atomic E-state index is 12.5. The van der Waals surface area contributed by atoms with Crippen LogP contribution in [0.5, 0.6) is 11.5 Å². The van der Waals surface area contributed by atoms with E-state index < -0.39 is 5.97 Å². The number of aromatic nitrogens is 1. The van der Waals surface area contributed by atoms with E-state index in [1.165, 1.54) is 31.0 Å². The average molecular weight is 289 g/mol.